The average molecular weight is 183 g/mol. The Labute approximate surface area is 83.1 Å². The van der Waals surface area contributed by atoms with Crippen molar-refractivity contribution in [1.29, 1.82) is 0 Å². The fourth-order valence-corrected chi connectivity index (χ4v) is 2.31. The number of hydrogen-bond acceptors (Lipinski definition) is 1. The Bertz CT molecular complexity index is 153. The van der Waals surface area contributed by atoms with E-state index in [2.05, 4.69) is 27.7 Å². The van der Waals surface area contributed by atoms with Crippen LogP contribution in [0.5, 0.6) is 0 Å². The number of nitrogens with two attached hydrogens (primary N) is 1. The van der Waals surface area contributed by atoms with Crippen molar-refractivity contribution >= 4 is 0 Å². The van der Waals surface area contributed by atoms with Crippen LogP contribution < -0.4 is 5.73 Å². The Kier molecular flexibility index (Phi) is 3.39. The van der Waals surface area contributed by atoms with Crippen molar-refractivity contribution in [3.63, 3.8) is 0 Å². The highest BCUT2D eigenvalue weighted by Crippen LogP contribution is 2.35. The summed E-state index contributed by atoms with van der Waals surface area (Å²) in [6, 6.07) is 0.484. The van der Waals surface area contributed by atoms with Gasteiger partial charge < -0.3 is 5.73 Å². The monoisotopic (exact) mass is 183 g/mol. The Hall–Kier alpha value is -0.0400. The van der Waals surface area contributed by atoms with Crippen molar-refractivity contribution < 1.29 is 0 Å². The summed E-state index contributed by atoms with van der Waals surface area (Å²) in [4.78, 5) is 0. The van der Waals surface area contributed by atoms with Crippen molar-refractivity contribution in [2.24, 2.45) is 23.0 Å². The van der Waals surface area contributed by atoms with Crippen LogP contribution in [0.2, 0.25) is 0 Å². The molecule has 1 heteroatoms. The Balaban J connectivity index is 2.19. The summed E-state index contributed by atoms with van der Waals surface area (Å²) in [5.74, 6) is 1.65. The highest BCUT2D eigenvalue weighted by molar-refractivity contribution is 4.85. The Morgan fingerprint density at radius 3 is 2.23 bits per heavy atom. The van der Waals surface area contributed by atoms with Gasteiger partial charge in [0.25, 0.3) is 0 Å². The van der Waals surface area contributed by atoms with Gasteiger partial charge in [-0.1, -0.05) is 27.7 Å². The molecule has 0 aromatic rings. The van der Waals surface area contributed by atoms with E-state index >= 15 is 0 Å². The molecule has 0 saturated heterocycles. The van der Waals surface area contributed by atoms with Gasteiger partial charge in [0.2, 0.25) is 0 Å². The quantitative estimate of drug-likeness (QED) is 0.711. The normalized spacial score (nSPS) is 22.8. The SMILES string of the molecule is CC(CC(N)C1CC1)CC(C)(C)C. The first kappa shape index (κ1) is 11.0. The van der Waals surface area contributed by atoms with Crippen molar-refractivity contribution in [3.05, 3.63) is 0 Å². The minimum atomic E-state index is 0.461. The lowest BCUT2D eigenvalue weighted by Crippen LogP contribution is -2.26. The molecule has 0 bridgehead atoms. The summed E-state index contributed by atoms with van der Waals surface area (Å²) >= 11 is 0. The largest absolute Gasteiger partial charge is 0.327 e. The Morgan fingerprint density at radius 1 is 1.31 bits per heavy atom. The van der Waals surface area contributed by atoms with Gasteiger partial charge >= 0.3 is 0 Å². The summed E-state index contributed by atoms with van der Waals surface area (Å²) in [6.45, 7) is 9.28. The van der Waals surface area contributed by atoms with E-state index in [1.165, 1.54) is 25.7 Å². The van der Waals surface area contributed by atoms with E-state index in [1.807, 2.05) is 0 Å². The van der Waals surface area contributed by atoms with Crippen LogP contribution in [0.15, 0.2) is 0 Å². The third-order valence-corrected chi connectivity index (χ3v) is 2.86. The molecule has 1 fully saturated rings. The lowest BCUT2D eigenvalue weighted by Gasteiger charge is -2.25. The lowest BCUT2D eigenvalue weighted by atomic mass is 9.82. The fourth-order valence-electron chi connectivity index (χ4n) is 2.31. The summed E-state index contributed by atoms with van der Waals surface area (Å²) in [6.07, 6.45) is 5.28. The zero-order valence-corrected chi connectivity index (χ0v) is 9.64. The van der Waals surface area contributed by atoms with Gasteiger partial charge in [-0.2, -0.15) is 0 Å². The van der Waals surface area contributed by atoms with Crippen LogP contribution in [0.1, 0.15) is 53.4 Å². The first-order valence-electron chi connectivity index (χ1n) is 5.64. The number of rotatable bonds is 4. The first-order valence-corrected chi connectivity index (χ1v) is 5.64. The smallest absolute Gasteiger partial charge is 0.00697 e. The van der Waals surface area contributed by atoms with Crippen LogP contribution in [0.25, 0.3) is 0 Å². The molecule has 1 saturated carbocycles. The maximum Gasteiger partial charge on any atom is 0.00697 e. The molecular formula is C12H25N. The van der Waals surface area contributed by atoms with Crippen molar-refractivity contribution in [2.75, 3.05) is 0 Å². The van der Waals surface area contributed by atoms with Gasteiger partial charge in [0.1, 0.15) is 0 Å². The second-order valence-electron chi connectivity index (χ2n) is 6.11. The van der Waals surface area contributed by atoms with Crippen LogP contribution in [-0.2, 0) is 0 Å². The van der Waals surface area contributed by atoms with E-state index in [9.17, 15) is 0 Å². The van der Waals surface area contributed by atoms with Gasteiger partial charge in [-0.05, 0) is 42.9 Å². The highest BCUT2D eigenvalue weighted by Gasteiger charge is 2.29. The maximum atomic E-state index is 6.10. The molecule has 0 aromatic heterocycles. The molecule has 78 valence electrons. The molecule has 1 rings (SSSR count). The van der Waals surface area contributed by atoms with Gasteiger partial charge in [0, 0.05) is 6.04 Å². The van der Waals surface area contributed by atoms with Gasteiger partial charge in [-0.15, -0.1) is 0 Å². The molecule has 0 heterocycles. The minimum Gasteiger partial charge on any atom is -0.327 e. The van der Waals surface area contributed by atoms with Gasteiger partial charge in [-0.3, -0.25) is 0 Å². The molecule has 0 aromatic carbocycles. The maximum absolute atomic E-state index is 6.10. The average Bonchev–Trinajstić information content (AvgIpc) is 2.60. The van der Waals surface area contributed by atoms with E-state index in [-0.39, 0.29) is 0 Å². The molecule has 0 radical (unpaired) electrons. The fraction of sp³-hybridized carbons (Fsp3) is 1.00. The van der Waals surface area contributed by atoms with Crippen molar-refractivity contribution in [2.45, 2.75) is 59.4 Å². The van der Waals surface area contributed by atoms with E-state index in [1.54, 1.807) is 0 Å². The summed E-state index contributed by atoms with van der Waals surface area (Å²) in [5, 5.41) is 0. The molecule has 1 aliphatic rings. The van der Waals surface area contributed by atoms with Crippen molar-refractivity contribution in [1.82, 2.24) is 0 Å². The molecule has 0 spiro atoms. The summed E-state index contributed by atoms with van der Waals surface area (Å²) in [7, 11) is 0. The number of hydrogen-bond donors (Lipinski definition) is 1. The molecule has 0 amide bonds. The third-order valence-electron chi connectivity index (χ3n) is 2.86. The standard InChI is InChI=1S/C12H25N/c1-9(8-12(2,3)4)7-11(13)10-5-6-10/h9-11H,5-8,13H2,1-4H3. The first-order chi connectivity index (χ1) is 5.88. The van der Waals surface area contributed by atoms with E-state index in [4.69, 9.17) is 5.73 Å². The van der Waals surface area contributed by atoms with E-state index in [0.717, 1.165) is 11.8 Å². The predicted molar refractivity (Wildman–Crippen MR) is 58.6 cm³/mol. The third kappa shape index (κ3) is 4.66. The van der Waals surface area contributed by atoms with Crippen LogP contribution in [0, 0.1) is 17.3 Å². The predicted octanol–water partition coefficient (Wildman–Crippen LogP) is 3.19. The second kappa shape index (κ2) is 4.00. The molecule has 2 N–H and O–H groups in total. The zero-order valence-electron chi connectivity index (χ0n) is 9.64. The zero-order chi connectivity index (χ0) is 10.1. The van der Waals surface area contributed by atoms with Crippen LogP contribution >= 0.6 is 0 Å². The molecule has 2 atom stereocenters. The van der Waals surface area contributed by atoms with Gasteiger partial charge in [0.05, 0.1) is 0 Å². The highest BCUT2D eigenvalue weighted by atomic mass is 14.7. The molecule has 1 aliphatic carbocycles. The van der Waals surface area contributed by atoms with Gasteiger partial charge in [0.15, 0.2) is 0 Å². The molecule has 2 unspecified atom stereocenters. The summed E-state index contributed by atoms with van der Waals surface area (Å²) in [5.41, 5.74) is 6.56. The van der Waals surface area contributed by atoms with Crippen LogP contribution in [0.4, 0.5) is 0 Å². The van der Waals surface area contributed by atoms with E-state index < -0.39 is 0 Å². The lowest BCUT2D eigenvalue weighted by molar-refractivity contribution is 0.280. The van der Waals surface area contributed by atoms with E-state index in [0.29, 0.717) is 11.5 Å². The summed E-state index contributed by atoms with van der Waals surface area (Å²) < 4.78 is 0. The van der Waals surface area contributed by atoms with Crippen LogP contribution in [-0.4, -0.2) is 6.04 Å². The van der Waals surface area contributed by atoms with Crippen LogP contribution in [0.3, 0.4) is 0 Å². The van der Waals surface area contributed by atoms with Gasteiger partial charge in [-0.25, -0.2) is 0 Å². The second-order valence-corrected chi connectivity index (χ2v) is 6.11. The molecule has 0 aliphatic heterocycles. The Morgan fingerprint density at radius 2 is 1.85 bits per heavy atom. The topological polar surface area (TPSA) is 26.0 Å². The molecule has 13 heavy (non-hydrogen) atoms. The minimum absolute atomic E-state index is 0.461. The molecular weight excluding hydrogens is 158 g/mol. The molecule has 1 nitrogen and oxygen atoms in total. The van der Waals surface area contributed by atoms with Crippen molar-refractivity contribution in [3.8, 4) is 0 Å².